The molecular formula is C29H33N5O7S. The minimum atomic E-state index is -3.74. The lowest BCUT2D eigenvalue weighted by molar-refractivity contribution is -0.119. The second kappa shape index (κ2) is 13.4. The van der Waals surface area contributed by atoms with Crippen molar-refractivity contribution < 1.29 is 32.2 Å². The summed E-state index contributed by atoms with van der Waals surface area (Å²) >= 11 is 0. The van der Waals surface area contributed by atoms with Gasteiger partial charge in [-0.3, -0.25) is 4.79 Å². The number of amides is 1. The van der Waals surface area contributed by atoms with Crippen LogP contribution in [0.4, 0.5) is 5.69 Å². The smallest absolute Gasteiger partial charge is 0.249 e. The molecule has 1 aromatic heterocycles. The summed E-state index contributed by atoms with van der Waals surface area (Å²) in [5.41, 5.74) is 2.67. The second-order valence-electron chi connectivity index (χ2n) is 9.26. The summed E-state index contributed by atoms with van der Waals surface area (Å²) in [5, 5.41) is 8.08. The lowest BCUT2D eigenvalue weighted by Gasteiger charge is -2.25. The normalized spacial score (nSPS) is 11.2. The fourth-order valence-electron chi connectivity index (χ4n) is 4.15. The zero-order valence-corrected chi connectivity index (χ0v) is 24.8. The maximum Gasteiger partial charge on any atom is 0.249 e. The number of nitrogens with zero attached hydrogens (tertiary/aromatic N) is 4. The molecule has 0 saturated carbocycles. The van der Waals surface area contributed by atoms with E-state index in [0.717, 1.165) is 11.1 Å². The Morgan fingerprint density at radius 3 is 2.12 bits per heavy atom. The van der Waals surface area contributed by atoms with Crippen molar-refractivity contribution in [1.29, 1.82) is 0 Å². The van der Waals surface area contributed by atoms with Crippen molar-refractivity contribution >= 4 is 21.6 Å². The molecule has 13 heteroatoms. The van der Waals surface area contributed by atoms with Gasteiger partial charge >= 0.3 is 0 Å². The number of rotatable bonds is 13. The predicted molar refractivity (Wildman–Crippen MR) is 156 cm³/mol. The summed E-state index contributed by atoms with van der Waals surface area (Å²) in [6.07, 6.45) is 1.52. The number of nitrogens with one attached hydrogen (secondary N) is 1. The molecular weight excluding hydrogens is 562 g/mol. The van der Waals surface area contributed by atoms with Gasteiger partial charge in [0.1, 0.15) is 12.3 Å². The Hall–Kier alpha value is -4.62. The second-order valence-corrected chi connectivity index (χ2v) is 11.0. The van der Waals surface area contributed by atoms with Crippen molar-refractivity contribution in [3.8, 4) is 23.0 Å². The number of hydrogen-bond donors (Lipinski definition) is 1. The van der Waals surface area contributed by atoms with Crippen LogP contribution >= 0.6 is 0 Å². The fraction of sp³-hybridized carbons (Fsp3) is 0.276. The summed E-state index contributed by atoms with van der Waals surface area (Å²) < 4.78 is 50.9. The largest absolute Gasteiger partial charge is 0.497 e. The molecule has 222 valence electrons. The maximum absolute atomic E-state index is 13.7. The van der Waals surface area contributed by atoms with E-state index in [1.807, 2.05) is 31.2 Å². The van der Waals surface area contributed by atoms with Crippen molar-refractivity contribution in [2.45, 2.75) is 31.5 Å². The summed E-state index contributed by atoms with van der Waals surface area (Å²) in [6, 6.07) is 17.3. The van der Waals surface area contributed by atoms with Crippen LogP contribution in [0, 0.1) is 6.92 Å². The van der Waals surface area contributed by atoms with E-state index < -0.39 is 10.0 Å². The minimum absolute atomic E-state index is 0.0904. The van der Waals surface area contributed by atoms with Crippen LogP contribution in [0.2, 0.25) is 0 Å². The highest BCUT2D eigenvalue weighted by Crippen LogP contribution is 2.41. The maximum atomic E-state index is 13.7. The Labute approximate surface area is 244 Å². The number of methoxy groups -OCH3 is 4. The van der Waals surface area contributed by atoms with Gasteiger partial charge < -0.3 is 23.8 Å². The van der Waals surface area contributed by atoms with Crippen LogP contribution in [-0.4, -0.2) is 57.8 Å². The van der Waals surface area contributed by atoms with E-state index in [-0.39, 0.29) is 30.4 Å². The van der Waals surface area contributed by atoms with Gasteiger partial charge in [-0.2, -0.15) is 0 Å². The Morgan fingerprint density at radius 2 is 1.55 bits per heavy atom. The van der Waals surface area contributed by atoms with E-state index in [2.05, 4.69) is 15.0 Å². The molecule has 4 aromatic rings. The van der Waals surface area contributed by atoms with Crippen LogP contribution in [0.3, 0.4) is 0 Å². The van der Waals surface area contributed by atoms with E-state index in [0.29, 0.717) is 34.4 Å². The SMILES string of the molecule is COc1ccc(CN(C(=O)Cn2cc(CNS(=O)(=O)c3ccc(C)cc3)nn2)c2cc(OC)c(OC)c(OC)c2)cc1. The molecule has 0 aliphatic carbocycles. The molecule has 0 radical (unpaired) electrons. The van der Waals surface area contributed by atoms with Gasteiger partial charge in [0.25, 0.3) is 0 Å². The molecule has 0 unspecified atom stereocenters. The number of carbonyl (C=O) groups is 1. The first-order valence-electron chi connectivity index (χ1n) is 12.9. The van der Waals surface area contributed by atoms with Crippen molar-refractivity contribution in [2.75, 3.05) is 33.3 Å². The van der Waals surface area contributed by atoms with E-state index >= 15 is 0 Å². The van der Waals surface area contributed by atoms with Crippen LogP contribution < -0.4 is 28.6 Å². The molecule has 0 aliphatic heterocycles. The molecule has 1 amide bonds. The topological polar surface area (TPSA) is 134 Å². The molecule has 0 spiro atoms. The molecule has 3 aromatic carbocycles. The van der Waals surface area contributed by atoms with E-state index in [9.17, 15) is 13.2 Å². The predicted octanol–water partition coefficient (Wildman–Crippen LogP) is 3.33. The van der Waals surface area contributed by atoms with Crippen molar-refractivity contribution in [1.82, 2.24) is 19.7 Å². The number of anilines is 1. The van der Waals surface area contributed by atoms with Gasteiger partial charge in [0, 0.05) is 12.1 Å². The third-order valence-corrected chi connectivity index (χ3v) is 7.84. The zero-order valence-electron chi connectivity index (χ0n) is 24.0. The zero-order chi connectivity index (χ0) is 30.3. The highest BCUT2D eigenvalue weighted by atomic mass is 32.2. The molecule has 0 atom stereocenters. The van der Waals surface area contributed by atoms with Crippen molar-refractivity contribution in [3.63, 3.8) is 0 Å². The highest BCUT2D eigenvalue weighted by molar-refractivity contribution is 7.89. The first kappa shape index (κ1) is 30.3. The summed E-state index contributed by atoms with van der Waals surface area (Å²) in [5.74, 6) is 1.57. The molecule has 4 rings (SSSR count). The molecule has 0 bridgehead atoms. The average molecular weight is 596 g/mol. The first-order valence-corrected chi connectivity index (χ1v) is 14.3. The number of aromatic nitrogens is 3. The van der Waals surface area contributed by atoms with Gasteiger partial charge in [-0.25, -0.2) is 17.8 Å². The summed E-state index contributed by atoms with van der Waals surface area (Å²) in [6.45, 7) is 1.85. The lowest BCUT2D eigenvalue weighted by Crippen LogP contribution is -2.33. The van der Waals surface area contributed by atoms with Crippen LogP contribution in [0.15, 0.2) is 71.8 Å². The third kappa shape index (κ3) is 7.17. The van der Waals surface area contributed by atoms with Crippen molar-refractivity contribution in [2.24, 2.45) is 0 Å². The molecule has 12 nitrogen and oxygen atoms in total. The van der Waals surface area contributed by atoms with Crippen LogP contribution in [-0.2, 0) is 34.5 Å². The van der Waals surface area contributed by atoms with Gasteiger partial charge in [0.2, 0.25) is 21.7 Å². The van der Waals surface area contributed by atoms with E-state index in [1.165, 1.54) is 44.3 Å². The molecule has 1 N–H and O–H groups in total. The third-order valence-electron chi connectivity index (χ3n) is 6.42. The standard InChI is InChI=1S/C29H33N5O7S/c1-20-6-12-25(13-7-20)42(36,37)30-16-22-18-33(32-31-22)19-28(35)34(17-21-8-10-24(38-2)11-9-21)23-14-26(39-3)29(41-5)27(15-23)40-4/h6-15,18,30H,16-17,19H2,1-5H3. The summed E-state index contributed by atoms with van der Waals surface area (Å²) in [7, 11) is 2.35. The Bertz CT molecular complexity index is 1600. The molecule has 42 heavy (non-hydrogen) atoms. The molecule has 0 fully saturated rings. The lowest BCUT2D eigenvalue weighted by atomic mass is 10.1. The van der Waals surface area contributed by atoms with Crippen molar-refractivity contribution in [3.05, 3.63) is 83.7 Å². The van der Waals surface area contributed by atoms with Gasteiger partial charge in [0.05, 0.1) is 64.0 Å². The fourth-order valence-corrected chi connectivity index (χ4v) is 5.15. The first-order chi connectivity index (χ1) is 20.2. The summed E-state index contributed by atoms with van der Waals surface area (Å²) in [4.78, 5) is 15.4. The van der Waals surface area contributed by atoms with Gasteiger partial charge in [-0.1, -0.05) is 35.0 Å². The monoisotopic (exact) mass is 595 g/mol. The number of carbonyl (C=O) groups excluding carboxylic acids is 1. The molecule has 0 aliphatic rings. The minimum Gasteiger partial charge on any atom is -0.497 e. The average Bonchev–Trinajstić information content (AvgIpc) is 3.45. The number of sulfonamides is 1. The molecule has 0 saturated heterocycles. The quantitative estimate of drug-likeness (QED) is 0.247. The van der Waals surface area contributed by atoms with Gasteiger partial charge in [-0.05, 0) is 36.8 Å². The van der Waals surface area contributed by atoms with Crippen LogP contribution in [0.5, 0.6) is 23.0 Å². The molecule has 1 heterocycles. The van der Waals surface area contributed by atoms with Crippen LogP contribution in [0.1, 0.15) is 16.8 Å². The van der Waals surface area contributed by atoms with E-state index in [1.54, 1.807) is 36.3 Å². The Balaban J connectivity index is 1.56. The highest BCUT2D eigenvalue weighted by Gasteiger charge is 2.23. The Morgan fingerprint density at radius 1 is 0.905 bits per heavy atom. The Kier molecular flexibility index (Phi) is 9.65. The van der Waals surface area contributed by atoms with Crippen LogP contribution in [0.25, 0.3) is 0 Å². The number of aryl methyl sites for hydroxylation is 1. The van der Waals surface area contributed by atoms with Gasteiger partial charge in [-0.15, -0.1) is 5.10 Å². The number of benzene rings is 3. The van der Waals surface area contributed by atoms with E-state index in [4.69, 9.17) is 18.9 Å². The van der Waals surface area contributed by atoms with Gasteiger partial charge in [0.15, 0.2) is 11.5 Å². The number of ether oxygens (including phenoxy) is 4. The number of hydrogen-bond acceptors (Lipinski definition) is 9.